The normalized spacial score (nSPS) is 12.9. The molecule has 0 aromatic heterocycles. The Labute approximate surface area is 76.2 Å². The zero-order valence-electron chi connectivity index (χ0n) is 8.51. The molecule has 0 spiro atoms. The lowest BCUT2D eigenvalue weighted by atomic mass is 10.1. The third-order valence-electron chi connectivity index (χ3n) is 2.30. The zero-order chi connectivity index (χ0) is 9.40. The van der Waals surface area contributed by atoms with E-state index >= 15 is 0 Å². The van der Waals surface area contributed by atoms with E-state index < -0.39 is 0 Å². The van der Waals surface area contributed by atoms with Gasteiger partial charge in [-0.25, -0.2) is 0 Å². The summed E-state index contributed by atoms with van der Waals surface area (Å²) in [5, 5.41) is 8.40. The summed E-state index contributed by atoms with van der Waals surface area (Å²) in [6.45, 7) is 5.34. The number of rotatable bonds is 6. The molecule has 2 heteroatoms. The van der Waals surface area contributed by atoms with Gasteiger partial charge in [-0.2, -0.15) is 5.26 Å². The molecule has 2 nitrogen and oxygen atoms in total. The Balaban J connectivity index is 3.47. The van der Waals surface area contributed by atoms with Gasteiger partial charge in [-0.1, -0.05) is 19.8 Å². The molecule has 0 aliphatic rings. The molecule has 0 saturated heterocycles. The van der Waals surface area contributed by atoms with E-state index in [-0.39, 0.29) is 0 Å². The van der Waals surface area contributed by atoms with Crippen molar-refractivity contribution in [1.82, 2.24) is 4.90 Å². The van der Waals surface area contributed by atoms with Gasteiger partial charge < -0.3 is 4.90 Å². The van der Waals surface area contributed by atoms with Crippen molar-refractivity contribution in [1.29, 1.82) is 5.26 Å². The Morgan fingerprint density at radius 2 is 2.17 bits per heavy atom. The van der Waals surface area contributed by atoms with Crippen molar-refractivity contribution in [2.24, 2.45) is 0 Å². The molecule has 0 aromatic rings. The van der Waals surface area contributed by atoms with Crippen molar-refractivity contribution < 1.29 is 0 Å². The maximum absolute atomic E-state index is 8.40. The van der Waals surface area contributed by atoms with Gasteiger partial charge >= 0.3 is 0 Å². The first-order valence-corrected chi connectivity index (χ1v) is 4.79. The second-order valence-electron chi connectivity index (χ2n) is 3.38. The van der Waals surface area contributed by atoms with Gasteiger partial charge in [-0.3, -0.25) is 0 Å². The number of unbranched alkanes of at least 4 members (excludes halogenated alkanes) is 1. The Bertz CT molecular complexity index is 137. The smallest absolute Gasteiger partial charge is 0.0635 e. The quantitative estimate of drug-likeness (QED) is 0.609. The van der Waals surface area contributed by atoms with Crippen LogP contribution in [0.3, 0.4) is 0 Å². The molecule has 0 bridgehead atoms. The van der Waals surface area contributed by atoms with Gasteiger partial charge in [0.2, 0.25) is 0 Å². The van der Waals surface area contributed by atoms with Gasteiger partial charge in [0.25, 0.3) is 0 Å². The highest BCUT2D eigenvalue weighted by atomic mass is 15.1. The van der Waals surface area contributed by atoms with E-state index in [1.807, 2.05) is 0 Å². The third kappa shape index (κ3) is 5.15. The van der Waals surface area contributed by atoms with Gasteiger partial charge in [0.05, 0.1) is 6.07 Å². The minimum absolute atomic E-state index is 0.623. The molecule has 1 unspecified atom stereocenters. The van der Waals surface area contributed by atoms with Crippen LogP contribution in [-0.2, 0) is 0 Å². The monoisotopic (exact) mass is 168 g/mol. The molecule has 0 radical (unpaired) electrons. The predicted octanol–water partition coefficient (Wildman–Crippen LogP) is 2.41. The highest BCUT2D eigenvalue weighted by Gasteiger charge is 2.06. The van der Waals surface area contributed by atoms with Crippen LogP contribution in [0.2, 0.25) is 0 Å². The second kappa shape index (κ2) is 7.12. The average Bonchev–Trinajstić information content (AvgIpc) is 2.10. The van der Waals surface area contributed by atoms with E-state index in [0.717, 1.165) is 6.54 Å². The van der Waals surface area contributed by atoms with E-state index in [4.69, 9.17) is 5.26 Å². The second-order valence-corrected chi connectivity index (χ2v) is 3.38. The van der Waals surface area contributed by atoms with E-state index in [0.29, 0.717) is 12.5 Å². The highest BCUT2D eigenvalue weighted by Crippen LogP contribution is 2.06. The van der Waals surface area contributed by atoms with Crippen LogP contribution in [-0.4, -0.2) is 24.5 Å². The van der Waals surface area contributed by atoms with Crippen LogP contribution < -0.4 is 0 Å². The fourth-order valence-electron chi connectivity index (χ4n) is 1.17. The molecule has 0 N–H and O–H groups in total. The molecule has 0 aliphatic heterocycles. The fourth-order valence-corrected chi connectivity index (χ4v) is 1.17. The molecule has 70 valence electrons. The number of nitriles is 1. The highest BCUT2D eigenvalue weighted by molar-refractivity contribution is 4.73. The fraction of sp³-hybridized carbons (Fsp3) is 0.900. The van der Waals surface area contributed by atoms with E-state index in [9.17, 15) is 0 Å². The first kappa shape index (κ1) is 11.4. The molecule has 0 amide bonds. The minimum Gasteiger partial charge on any atom is -0.303 e. The van der Waals surface area contributed by atoms with Crippen molar-refractivity contribution in [2.75, 3.05) is 13.6 Å². The molecule has 0 fully saturated rings. The summed E-state index contributed by atoms with van der Waals surface area (Å²) < 4.78 is 0. The maximum Gasteiger partial charge on any atom is 0.0635 e. The van der Waals surface area contributed by atoms with E-state index in [2.05, 4.69) is 31.9 Å². The van der Waals surface area contributed by atoms with Gasteiger partial charge in [-0.05, 0) is 20.4 Å². The van der Waals surface area contributed by atoms with Gasteiger partial charge in [0.15, 0.2) is 0 Å². The van der Waals surface area contributed by atoms with Crippen LogP contribution in [0, 0.1) is 11.3 Å². The molecular weight excluding hydrogens is 148 g/mol. The first-order valence-electron chi connectivity index (χ1n) is 4.79. The lowest BCUT2D eigenvalue weighted by molar-refractivity contribution is 0.247. The summed E-state index contributed by atoms with van der Waals surface area (Å²) in [5.74, 6) is 0. The summed E-state index contributed by atoms with van der Waals surface area (Å²) in [6.07, 6.45) is 4.44. The summed E-state index contributed by atoms with van der Waals surface area (Å²) in [4.78, 5) is 2.26. The summed E-state index contributed by atoms with van der Waals surface area (Å²) >= 11 is 0. The van der Waals surface area contributed by atoms with E-state index in [1.165, 1.54) is 19.3 Å². The number of nitrogens with zero attached hydrogens (tertiary/aromatic N) is 2. The average molecular weight is 168 g/mol. The molecule has 1 atom stereocenters. The first-order chi connectivity index (χ1) is 5.72. The molecular formula is C10H20N2. The largest absolute Gasteiger partial charge is 0.303 e. The number of hydrogen-bond acceptors (Lipinski definition) is 2. The standard InChI is InChI=1S/C10H20N2/c1-4-5-7-10(2)12(3)9-6-8-11/h10H,4-7,9H2,1-3H3. The lowest BCUT2D eigenvalue weighted by Crippen LogP contribution is -2.29. The van der Waals surface area contributed by atoms with Crippen molar-refractivity contribution in [3.8, 4) is 6.07 Å². The molecule has 0 rings (SSSR count). The number of hydrogen-bond donors (Lipinski definition) is 0. The van der Waals surface area contributed by atoms with Gasteiger partial charge in [0.1, 0.15) is 0 Å². The van der Waals surface area contributed by atoms with Crippen LogP contribution in [0.5, 0.6) is 0 Å². The van der Waals surface area contributed by atoms with Crippen LogP contribution in [0.1, 0.15) is 39.5 Å². The van der Waals surface area contributed by atoms with Gasteiger partial charge in [0, 0.05) is 19.0 Å². The van der Waals surface area contributed by atoms with Crippen molar-refractivity contribution in [3.63, 3.8) is 0 Å². The third-order valence-corrected chi connectivity index (χ3v) is 2.30. The Kier molecular flexibility index (Phi) is 6.79. The van der Waals surface area contributed by atoms with Crippen LogP contribution in [0.15, 0.2) is 0 Å². The maximum atomic E-state index is 8.40. The van der Waals surface area contributed by atoms with Crippen molar-refractivity contribution in [3.05, 3.63) is 0 Å². The Morgan fingerprint density at radius 1 is 1.50 bits per heavy atom. The summed E-state index contributed by atoms with van der Waals surface area (Å²) in [5.41, 5.74) is 0. The minimum atomic E-state index is 0.623. The molecule has 0 heterocycles. The van der Waals surface area contributed by atoms with Crippen LogP contribution in [0.4, 0.5) is 0 Å². The van der Waals surface area contributed by atoms with Gasteiger partial charge in [-0.15, -0.1) is 0 Å². The zero-order valence-corrected chi connectivity index (χ0v) is 8.51. The molecule has 0 aliphatic carbocycles. The van der Waals surface area contributed by atoms with E-state index in [1.54, 1.807) is 0 Å². The van der Waals surface area contributed by atoms with Crippen LogP contribution >= 0.6 is 0 Å². The predicted molar refractivity (Wildman–Crippen MR) is 51.8 cm³/mol. The van der Waals surface area contributed by atoms with Crippen molar-refractivity contribution in [2.45, 2.75) is 45.6 Å². The van der Waals surface area contributed by atoms with Crippen molar-refractivity contribution >= 4 is 0 Å². The lowest BCUT2D eigenvalue weighted by Gasteiger charge is -2.23. The molecule has 0 aromatic carbocycles. The summed E-state index contributed by atoms with van der Waals surface area (Å²) in [6, 6.07) is 2.79. The Hall–Kier alpha value is -0.550. The summed E-state index contributed by atoms with van der Waals surface area (Å²) in [7, 11) is 2.09. The van der Waals surface area contributed by atoms with Crippen LogP contribution in [0.25, 0.3) is 0 Å². The Morgan fingerprint density at radius 3 is 2.67 bits per heavy atom. The molecule has 12 heavy (non-hydrogen) atoms. The SMILES string of the molecule is CCCCC(C)N(C)CCC#N. The molecule has 0 saturated carbocycles. The topological polar surface area (TPSA) is 27.0 Å².